The molecule has 0 fully saturated rings. The number of anilines is 2. The molecular formula is C13H14FN5O2. The van der Waals surface area contributed by atoms with E-state index in [1.54, 1.807) is 0 Å². The van der Waals surface area contributed by atoms with E-state index in [9.17, 15) is 14.0 Å². The summed E-state index contributed by atoms with van der Waals surface area (Å²) in [7, 11) is 0. The summed E-state index contributed by atoms with van der Waals surface area (Å²) in [5.41, 5.74) is 11.2. The zero-order chi connectivity index (χ0) is 15.4. The number of benzene rings is 1. The van der Waals surface area contributed by atoms with Gasteiger partial charge < -0.3 is 16.8 Å². The Labute approximate surface area is 119 Å². The van der Waals surface area contributed by atoms with E-state index in [1.165, 1.54) is 35.3 Å². The maximum absolute atomic E-state index is 13.0. The fourth-order valence-electron chi connectivity index (χ4n) is 1.67. The van der Waals surface area contributed by atoms with Gasteiger partial charge in [-0.05, 0) is 18.2 Å². The topological polar surface area (TPSA) is 116 Å². The Morgan fingerprint density at radius 1 is 1.38 bits per heavy atom. The molecule has 8 heteroatoms. The van der Waals surface area contributed by atoms with Crippen LogP contribution in [0.1, 0.15) is 16.8 Å². The number of aromatic nitrogens is 2. The van der Waals surface area contributed by atoms with Crippen LogP contribution in [0.3, 0.4) is 0 Å². The lowest BCUT2D eigenvalue weighted by Crippen LogP contribution is -2.15. The molecule has 0 aliphatic heterocycles. The van der Waals surface area contributed by atoms with Crippen molar-refractivity contribution in [3.05, 3.63) is 42.0 Å². The standard InChI is InChI=1S/C13H14FN5O2/c14-10-2-1-9(5-11(10)15)18-12(20)3-4-19-7-8(6-17-19)13(16)21/h1-2,5-7H,3-4,15H2,(H2,16,21)(H,18,20). The molecule has 1 aromatic heterocycles. The number of hydrogen-bond donors (Lipinski definition) is 3. The van der Waals surface area contributed by atoms with Gasteiger partial charge in [0.25, 0.3) is 5.91 Å². The average Bonchev–Trinajstić information content (AvgIpc) is 2.90. The first kappa shape index (κ1) is 14.5. The number of amides is 2. The second-order valence-corrected chi connectivity index (χ2v) is 4.39. The summed E-state index contributed by atoms with van der Waals surface area (Å²) in [5, 5.41) is 6.50. The van der Waals surface area contributed by atoms with Crippen molar-refractivity contribution in [1.29, 1.82) is 0 Å². The molecule has 0 aliphatic rings. The highest BCUT2D eigenvalue weighted by Crippen LogP contribution is 2.16. The van der Waals surface area contributed by atoms with Gasteiger partial charge >= 0.3 is 0 Å². The zero-order valence-electron chi connectivity index (χ0n) is 11.0. The van der Waals surface area contributed by atoms with E-state index in [2.05, 4.69) is 10.4 Å². The quantitative estimate of drug-likeness (QED) is 0.704. The Morgan fingerprint density at radius 2 is 2.14 bits per heavy atom. The maximum atomic E-state index is 13.0. The van der Waals surface area contributed by atoms with Gasteiger partial charge in [-0.25, -0.2) is 4.39 Å². The Morgan fingerprint density at radius 3 is 2.76 bits per heavy atom. The fraction of sp³-hybridized carbons (Fsp3) is 0.154. The van der Waals surface area contributed by atoms with Crippen LogP contribution >= 0.6 is 0 Å². The molecule has 0 bridgehead atoms. The van der Waals surface area contributed by atoms with Crippen LogP contribution in [0.5, 0.6) is 0 Å². The number of carbonyl (C=O) groups is 2. The largest absolute Gasteiger partial charge is 0.396 e. The van der Waals surface area contributed by atoms with Gasteiger partial charge in [0, 0.05) is 24.8 Å². The molecule has 0 unspecified atom stereocenters. The van der Waals surface area contributed by atoms with Crippen LogP contribution in [-0.4, -0.2) is 21.6 Å². The SMILES string of the molecule is NC(=O)c1cnn(CCC(=O)Nc2ccc(F)c(N)c2)c1. The third-order valence-corrected chi connectivity index (χ3v) is 2.77. The molecule has 1 heterocycles. The molecule has 0 aliphatic carbocycles. The number of halogens is 1. The van der Waals surface area contributed by atoms with Crippen molar-refractivity contribution >= 4 is 23.2 Å². The van der Waals surface area contributed by atoms with Crippen molar-refractivity contribution in [2.24, 2.45) is 5.73 Å². The predicted octanol–water partition coefficient (Wildman–Crippen LogP) is 0.732. The second-order valence-electron chi connectivity index (χ2n) is 4.39. The van der Waals surface area contributed by atoms with Crippen LogP contribution in [-0.2, 0) is 11.3 Å². The summed E-state index contributed by atoms with van der Waals surface area (Å²) in [6.45, 7) is 0.287. The summed E-state index contributed by atoms with van der Waals surface area (Å²) in [6.07, 6.45) is 2.93. The Kier molecular flexibility index (Phi) is 4.17. The molecule has 110 valence electrons. The van der Waals surface area contributed by atoms with Gasteiger partial charge in [0.1, 0.15) is 5.82 Å². The number of nitrogens with zero attached hydrogens (tertiary/aromatic N) is 2. The third-order valence-electron chi connectivity index (χ3n) is 2.77. The molecule has 1 aromatic carbocycles. The van der Waals surface area contributed by atoms with Gasteiger partial charge in [-0.1, -0.05) is 0 Å². The van der Waals surface area contributed by atoms with Crippen LogP contribution < -0.4 is 16.8 Å². The highest BCUT2D eigenvalue weighted by Gasteiger charge is 2.07. The minimum atomic E-state index is -0.576. The van der Waals surface area contributed by atoms with Crippen molar-refractivity contribution in [3.8, 4) is 0 Å². The van der Waals surface area contributed by atoms with Crippen molar-refractivity contribution in [3.63, 3.8) is 0 Å². The van der Waals surface area contributed by atoms with Crippen LogP contribution in [0.25, 0.3) is 0 Å². The zero-order valence-corrected chi connectivity index (χ0v) is 11.0. The molecule has 0 saturated heterocycles. The Bertz CT molecular complexity index is 683. The predicted molar refractivity (Wildman–Crippen MR) is 74.8 cm³/mol. The van der Waals surface area contributed by atoms with E-state index in [0.717, 1.165) is 0 Å². The van der Waals surface area contributed by atoms with Gasteiger partial charge in [0.2, 0.25) is 5.91 Å². The highest BCUT2D eigenvalue weighted by molar-refractivity contribution is 5.92. The molecule has 21 heavy (non-hydrogen) atoms. The molecule has 0 radical (unpaired) electrons. The lowest BCUT2D eigenvalue weighted by atomic mass is 10.2. The summed E-state index contributed by atoms with van der Waals surface area (Å²) in [5.74, 6) is -1.40. The maximum Gasteiger partial charge on any atom is 0.251 e. The highest BCUT2D eigenvalue weighted by atomic mass is 19.1. The number of nitrogens with two attached hydrogens (primary N) is 2. The number of nitrogen functional groups attached to an aromatic ring is 1. The van der Waals surface area contributed by atoms with E-state index in [-0.39, 0.29) is 30.1 Å². The fourth-order valence-corrected chi connectivity index (χ4v) is 1.67. The molecule has 2 rings (SSSR count). The van der Waals surface area contributed by atoms with Crippen LogP contribution in [0.2, 0.25) is 0 Å². The minimum Gasteiger partial charge on any atom is -0.396 e. The monoisotopic (exact) mass is 291 g/mol. The van der Waals surface area contributed by atoms with E-state index < -0.39 is 11.7 Å². The smallest absolute Gasteiger partial charge is 0.251 e. The normalized spacial score (nSPS) is 10.3. The number of nitrogens with one attached hydrogen (secondary N) is 1. The molecule has 0 spiro atoms. The molecule has 0 atom stereocenters. The lowest BCUT2D eigenvalue weighted by molar-refractivity contribution is -0.116. The van der Waals surface area contributed by atoms with Crippen molar-refractivity contribution in [2.75, 3.05) is 11.1 Å². The first-order valence-corrected chi connectivity index (χ1v) is 6.13. The molecule has 7 nitrogen and oxygen atoms in total. The van der Waals surface area contributed by atoms with E-state index in [0.29, 0.717) is 5.69 Å². The molecule has 0 saturated carbocycles. The van der Waals surface area contributed by atoms with Gasteiger partial charge in [-0.2, -0.15) is 5.10 Å². The first-order valence-electron chi connectivity index (χ1n) is 6.13. The van der Waals surface area contributed by atoms with Gasteiger partial charge in [-0.3, -0.25) is 14.3 Å². The van der Waals surface area contributed by atoms with E-state index in [4.69, 9.17) is 11.5 Å². The number of carbonyl (C=O) groups excluding carboxylic acids is 2. The number of hydrogen-bond acceptors (Lipinski definition) is 4. The van der Waals surface area contributed by atoms with Crippen LogP contribution in [0.4, 0.5) is 15.8 Å². The number of aryl methyl sites for hydroxylation is 1. The van der Waals surface area contributed by atoms with Crippen LogP contribution in [0.15, 0.2) is 30.6 Å². The first-order chi connectivity index (χ1) is 9.95. The summed E-state index contributed by atoms with van der Waals surface area (Å²) < 4.78 is 14.4. The lowest BCUT2D eigenvalue weighted by Gasteiger charge is -2.06. The molecular weight excluding hydrogens is 277 g/mol. The Hall–Kier alpha value is -2.90. The second kappa shape index (κ2) is 6.04. The van der Waals surface area contributed by atoms with Gasteiger partial charge in [-0.15, -0.1) is 0 Å². The van der Waals surface area contributed by atoms with Crippen LogP contribution in [0, 0.1) is 5.82 Å². The summed E-state index contributed by atoms with van der Waals surface area (Å²) in [6, 6.07) is 3.94. The van der Waals surface area contributed by atoms with Gasteiger partial charge in [0.05, 0.1) is 17.4 Å². The Balaban J connectivity index is 1.89. The van der Waals surface area contributed by atoms with E-state index in [1.807, 2.05) is 0 Å². The molecule has 2 amide bonds. The third kappa shape index (κ3) is 3.78. The van der Waals surface area contributed by atoms with Crippen molar-refractivity contribution in [2.45, 2.75) is 13.0 Å². The average molecular weight is 291 g/mol. The molecule has 5 N–H and O–H groups in total. The molecule has 2 aromatic rings. The van der Waals surface area contributed by atoms with Crippen molar-refractivity contribution in [1.82, 2.24) is 9.78 Å². The van der Waals surface area contributed by atoms with Crippen molar-refractivity contribution < 1.29 is 14.0 Å². The number of primary amides is 1. The summed E-state index contributed by atoms with van der Waals surface area (Å²) >= 11 is 0. The number of rotatable bonds is 5. The summed E-state index contributed by atoms with van der Waals surface area (Å²) in [4.78, 5) is 22.6. The minimum absolute atomic E-state index is 0.0361. The van der Waals surface area contributed by atoms with E-state index >= 15 is 0 Å². The van der Waals surface area contributed by atoms with Gasteiger partial charge in [0.15, 0.2) is 0 Å².